The summed E-state index contributed by atoms with van der Waals surface area (Å²) in [7, 11) is 0. The number of nitrogens with zero attached hydrogens (tertiary/aromatic N) is 7. The van der Waals surface area contributed by atoms with Crippen LogP contribution in [0.5, 0.6) is 5.75 Å². The predicted molar refractivity (Wildman–Crippen MR) is 176 cm³/mol. The summed E-state index contributed by atoms with van der Waals surface area (Å²) in [5, 5.41) is 17.3. The maximum Gasteiger partial charge on any atom is 0.416 e. The van der Waals surface area contributed by atoms with E-state index >= 15 is 0 Å². The monoisotopic (exact) mass is 706 g/mol. The third-order valence-electron chi connectivity index (χ3n) is 9.58. The van der Waals surface area contributed by atoms with Gasteiger partial charge >= 0.3 is 6.18 Å². The van der Waals surface area contributed by atoms with Gasteiger partial charge in [-0.25, -0.2) is 9.97 Å². The molecule has 1 saturated heterocycles. The lowest BCUT2D eigenvalue weighted by Gasteiger charge is -2.33. The first kappa shape index (κ1) is 33.2. The molecule has 7 rings (SSSR count). The fourth-order valence-corrected chi connectivity index (χ4v) is 7.20. The minimum atomic E-state index is -4.61. The minimum Gasteiger partial charge on any atom is -0.504 e. The Kier molecular flexibility index (Phi) is 8.12. The Morgan fingerprint density at radius 1 is 1.14 bits per heavy atom. The molecule has 2 unspecified atom stereocenters. The zero-order valence-corrected chi connectivity index (χ0v) is 27.6. The van der Waals surface area contributed by atoms with Crippen LogP contribution >= 0.6 is 11.6 Å². The molecular formula is C34H30ClF3N8O4. The molecule has 3 aromatic heterocycles. The van der Waals surface area contributed by atoms with E-state index in [0.717, 1.165) is 18.2 Å². The third-order valence-corrected chi connectivity index (χ3v) is 9.90. The number of fused-ring (bicyclic) bond motifs is 2. The van der Waals surface area contributed by atoms with Crippen molar-refractivity contribution in [1.29, 1.82) is 0 Å². The number of amides is 2. The van der Waals surface area contributed by atoms with E-state index in [-0.39, 0.29) is 64.0 Å². The second-order valence-electron chi connectivity index (χ2n) is 12.5. The van der Waals surface area contributed by atoms with E-state index in [1.807, 2.05) is 25.1 Å². The highest BCUT2D eigenvalue weighted by atomic mass is 35.5. The third kappa shape index (κ3) is 5.64. The number of hydrogen-bond donors (Lipinski definition) is 2. The Hall–Kier alpha value is -5.31. The van der Waals surface area contributed by atoms with Crippen molar-refractivity contribution in [2.24, 2.45) is 5.92 Å². The standard InChI is InChI=1S/C34H30ClF3N8O4/c1-3-24-26(33-11-12-44(15-21(33)14-33)31(50)27-28(48)18(2)39-17-40-27)30(49)46-32(42-29(43-46)19-7-5-4-6-8-19)45(24)16-25(47)41-23-10-9-20(13-22(23)35)34(36,37)38/h4-10,13,17,21,48H,3,11-12,14-16H2,1-2H3,(H,41,47). The van der Waals surface area contributed by atoms with Gasteiger partial charge in [0.05, 0.1) is 22.0 Å². The first-order valence-corrected chi connectivity index (χ1v) is 16.2. The molecule has 16 heteroatoms. The molecule has 12 nitrogen and oxygen atoms in total. The van der Waals surface area contributed by atoms with Gasteiger partial charge in [-0.3, -0.25) is 14.4 Å². The van der Waals surface area contributed by atoms with Crippen LogP contribution in [0.4, 0.5) is 18.9 Å². The molecule has 0 spiro atoms. The van der Waals surface area contributed by atoms with Crippen LogP contribution in [0.15, 0.2) is 59.7 Å². The summed E-state index contributed by atoms with van der Waals surface area (Å²) in [4.78, 5) is 55.5. The lowest BCUT2D eigenvalue weighted by molar-refractivity contribution is -0.137. The van der Waals surface area contributed by atoms with Crippen LogP contribution in [0.1, 0.15) is 52.8 Å². The Morgan fingerprint density at radius 3 is 2.58 bits per heavy atom. The molecule has 50 heavy (non-hydrogen) atoms. The van der Waals surface area contributed by atoms with Crippen molar-refractivity contribution in [2.45, 2.75) is 51.2 Å². The number of aromatic hydroxyl groups is 1. The van der Waals surface area contributed by atoms with Crippen molar-refractivity contribution in [3.63, 3.8) is 0 Å². The summed E-state index contributed by atoms with van der Waals surface area (Å²) in [5.74, 6) is -1.01. The Balaban J connectivity index is 1.27. The average Bonchev–Trinajstić information content (AvgIpc) is 3.65. The molecule has 4 heterocycles. The number of nitrogens with one attached hydrogen (secondary N) is 1. The van der Waals surface area contributed by atoms with Gasteiger partial charge in [0.2, 0.25) is 11.7 Å². The zero-order chi connectivity index (χ0) is 35.5. The zero-order valence-electron chi connectivity index (χ0n) is 26.8. The van der Waals surface area contributed by atoms with Gasteiger partial charge in [-0.15, -0.1) is 5.10 Å². The molecule has 5 aromatic rings. The summed E-state index contributed by atoms with van der Waals surface area (Å²) in [6.45, 7) is 3.70. The number of piperidine rings is 1. The summed E-state index contributed by atoms with van der Waals surface area (Å²) < 4.78 is 42.4. The van der Waals surface area contributed by atoms with Crippen LogP contribution in [0.3, 0.4) is 0 Å². The van der Waals surface area contributed by atoms with Crippen molar-refractivity contribution >= 4 is 34.9 Å². The molecule has 1 aliphatic heterocycles. The van der Waals surface area contributed by atoms with Crippen molar-refractivity contribution < 1.29 is 27.9 Å². The summed E-state index contributed by atoms with van der Waals surface area (Å²) in [6, 6.07) is 11.7. The Labute approximate surface area is 287 Å². The lowest BCUT2D eigenvalue weighted by atomic mass is 9.86. The second kappa shape index (κ2) is 12.2. The van der Waals surface area contributed by atoms with Gasteiger partial charge in [0.15, 0.2) is 17.3 Å². The van der Waals surface area contributed by atoms with E-state index in [0.29, 0.717) is 42.6 Å². The maximum absolute atomic E-state index is 14.4. The average molecular weight is 707 g/mol. The van der Waals surface area contributed by atoms with Crippen LogP contribution < -0.4 is 10.9 Å². The van der Waals surface area contributed by atoms with Crippen molar-refractivity contribution in [1.82, 2.24) is 34.0 Å². The highest BCUT2D eigenvalue weighted by molar-refractivity contribution is 6.33. The highest BCUT2D eigenvalue weighted by Crippen LogP contribution is 2.59. The highest BCUT2D eigenvalue weighted by Gasteiger charge is 2.60. The summed E-state index contributed by atoms with van der Waals surface area (Å²) in [5.41, 5.74) is -0.0362. The van der Waals surface area contributed by atoms with Crippen LogP contribution in [0.25, 0.3) is 17.2 Å². The number of rotatable bonds is 7. The molecule has 1 aliphatic carbocycles. The minimum absolute atomic E-state index is 0.00532. The number of benzene rings is 2. The fourth-order valence-electron chi connectivity index (χ4n) is 6.98. The number of halogens is 4. The summed E-state index contributed by atoms with van der Waals surface area (Å²) in [6.07, 6.45) is -2.00. The number of carbonyl (C=O) groups excluding carboxylic acids is 2. The molecule has 1 saturated carbocycles. The number of alkyl halides is 3. The van der Waals surface area contributed by atoms with Crippen molar-refractivity contribution in [3.05, 3.63) is 98.4 Å². The first-order chi connectivity index (χ1) is 23.8. The number of aryl methyl sites for hydroxylation is 1. The molecule has 2 N–H and O–H groups in total. The lowest BCUT2D eigenvalue weighted by Crippen LogP contribution is -2.43. The number of hydrogen-bond acceptors (Lipinski definition) is 8. The second-order valence-corrected chi connectivity index (χ2v) is 12.9. The molecule has 2 aliphatic rings. The van der Waals surface area contributed by atoms with Gasteiger partial charge in [-0.2, -0.15) is 22.7 Å². The molecule has 2 atom stereocenters. The van der Waals surface area contributed by atoms with Crippen LogP contribution in [-0.2, 0) is 29.4 Å². The SMILES string of the molecule is CCc1c(C23CCN(C(=O)c4ncnc(C)c4O)CC2C3)c(=O)n2nc(-c3ccccc3)nc2n1CC(=O)Nc1ccc(C(F)(F)F)cc1Cl. The van der Waals surface area contributed by atoms with E-state index < -0.39 is 29.0 Å². The number of anilines is 1. The van der Waals surface area contributed by atoms with E-state index in [2.05, 4.69) is 25.4 Å². The smallest absolute Gasteiger partial charge is 0.416 e. The van der Waals surface area contributed by atoms with Crippen LogP contribution in [-0.4, -0.2) is 64.0 Å². The Morgan fingerprint density at radius 2 is 1.90 bits per heavy atom. The number of aromatic nitrogens is 6. The normalized spacial score (nSPS) is 18.6. The molecule has 0 radical (unpaired) electrons. The largest absolute Gasteiger partial charge is 0.504 e. The molecule has 2 fully saturated rings. The molecule has 258 valence electrons. The number of carbonyl (C=O) groups is 2. The molecule has 2 amide bonds. The van der Waals surface area contributed by atoms with Gasteiger partial charge < -0.3 is 19.9 Å². The van der Waals surface area contributed by atoms with Crippen molar-refractivity contribution in [2.75, 3.05) is 18.4 Å². The van der Waals surface area contributed by atoms with Gasteiger partial charge in [0.25, 0.3) is 11.5 Å². The predicted octanol–water partition coefficient (Wildman–Crippen LogP) is 5.04. The van der Waals surface area contributed by atoms with E-state index in [1.54, 1.807) is 28.5 Å². The van der Waals surface area contributed by atoms with Gasteiger partial charge in [0.1, 0.15) is 12.9 Å². The van der Waals surface area contributed by atoms with E-state index in [9.17, 15) is 32.7 Å². The van der Waals surface area contributed by atoms with E-state index in [1.165, 1.54) is 10.8 Å². The van der Waals surface area contributed by atoms with E-state index in [4.69, 9.17) is 11.6 Å². The number of likely N-dealkylation sites (tertiary alicyclic amines) is 1. The fraction of sp³-hybridized carbons (Fsp3) is 0.324. The van der Waals surface area contributed by atoms with Crippen molar-refractivity contribution in [3.8, 4) is 17.1 Å². The van der Waals surface area contributed by atoms with Crippen LogP contribution in [0, 0.1) is 12.8 Å². The molecular weight excluding hydrogens is 677 g/mol. The quantitative estimate of drug-likeness (QED) is 0.239. The first-order valence-electron chi connectivity index (χ1n) is 15.9. The summed E-state index contributed by atoms with van der Waals surface area (Å²) >= 11 is 6.13. The molecule has 2 aromatic carbocycles. The Bertz CT molecular complexity index is 2240. The van der Waals surface area contributed by atoms with Crippen LogP contribution in [0.2, 0.25) is 5.02 Å². The topological polar surface area (TPSA) is 148 Å². The maximum atomic E-state index is 14.4. The van der Waals surface area contributed by atoms with Gasteiger partial charge in [-0.05, 0) is 50.3 Å². The van der Waals surface area contributed by atoms with Gasteiger partial charge in [-0.1, -0.05) is 48.9 Å². The van der Waals surface area contributed by atoms with Gasteiger partial charge in [0, 0.05) is 35.3 Å². The molecule has 0 bridgehead atoms.